The summed E-state index contributed by atoms with van der Waals surface area (Å²) in [5, 5.41) is 9.36. The first-order valence-electron chi connectivity index (χ1n) is 6.77. The number of ether oxygens (including phenoxy) is 1. The maximum Gasteiger partial charge on any atom is 0.336 e. The van der Waals surface area contributed by atoms with Gasteiger partial charge >= 0.3 is 5.97 Å². The van der Waals surface area contributed by atoms with Gasteiger partial charge in [-0.2, -0.15) is 0 Å². The monoisotopic (exact) mass is 302 g/mol. The second-order valence-corrected chi connectivity index (χ2v) is 5.36. The molecule has 3 nitrogen and oxygen atoms in total. The summed E-state index contributed by atoms with van der Waals surface area (Å²) < 4.78 is 45.5. The molecule has 6 heteroatoms. The number of methoxy groups -OCH3 is 1. The van der Waals surface area contributed by atoms with E-state index < -0.39 is 23.6 Å². The number of rotatable bonds is 4. The van der Waals surface area contributed by atoms with Crippen LogP contribution < -0.4 is 0 Å². The van der Waals surface area contributed by atoms with Crippen LogP contribution >= 0.6 is 0 Å². The molecule has 1 aliphatic rings. The summed E-state index contributed by atoms with van der Waals surface area (Å²) in [6.45, 7) is 0.0395. The quantitative estimate of drug-likeness (QED) is 0.915. The summed E-state index contributed by atoms with van der Waals surface area (Å²) >= 11 is 0. The average Bonchev–Trinajstić information content (AvgIpc) is 2.41. The van der Waals surface area contributed by atoms with Crippen LogP contribution in [-0.4, -0.2) is 24.1 Å². The zero-order valence-corrected chi connectivity index (χ0v) is 11.7. The molecule has 0 saturated heterocycles. The normalized spacial score (nSPS) is 18.7. The van der Waals surface area contributed by atoms with Gasteiger partial charge < -0.3 is 9.84 Å². The third-order valence-corrected chi connectivity index (χ3v) is 3.92. The zero-order valence-electron chi connectivity index (χ0n) is 11.7. The van der Waals surface area contributed by atoms with E-state index in [0.29, 0.717) is 5.56 Å². The highest BCUT2D eigenvalue weighted by Crippen LogP contribution is 2.43. The van der Waals surface area contributed by atoms with Gasteiger partial charge in [0.1, 0.15) is 5.82 Å². The van der Waals surface area contributed by atoms with Crippen molar-refractivity contribution in [3.8, 4) is 0 Å². The van der Waals surface area contributed by atoms with Crippen molar-refractivity contribution in [2.45, 2.75) is 44.1 Å². The van der Waals surface area contributed by atoms with E-state index in [1.165, 1.54) is 19.2 Å². The van der Waals surface area contributed by atoms with E-state index in [2.05, 4.69) is 0 Å². The molecule has 0 spiro atoms. The molecule has 1 aromatic rings. The molecule has 0 heterocycles. The Balaban J connectivity index is 2.42. The molecule has 21 heavy (non-hydrogen) atoms. The Morgan fingerprint density at radius 1 is 1.38 bits per heavy atom. The fourth-order valence-corrected chi connectivity index (χ4v) is 2.90. The van der Waals surface area contributed by atoms with E-state index >= 15 is 0 Å². The summed E-state index contributed by atoms with van der Waals surface area (Å²) in [7, 11) is 1.41. The van der Waals surface area contributed by atoms with Crippen molar-refractivity contribution in [2.75, 3.05) is 7.11 Å². The van der Waals surface area contributed by atoms with Crippen LogP contribution in [0.2, 0.25) is 0 Å². The van der Waals surface area contributed by atoms with Crippen molar-refractivity contribution >= 4 is 5.97 Å². The first-order chi connectivity index (χ1) is 9.85. The van der Waals surface area contributed by atoms with Gasteiger partial charge in [0.15, 0.2) is 0 Å². The zero-order chi connectivity index (χ0) is 15.6. The summed E-state index contributed by atoms with van der Waals surface area (Å²) in [5.74, 6) is -5.13. The Kier molecular flexibility index (Phi) is 4.56. The van der Waals surface area contributed by atoms with E-state index in [-0.39, 0.29) is 43.4 Å². The molecule has 0 aromatic heterocycles. The Morgan fingerprint density at radius 2 is 2.00 bits per heavy atom. The number of carboxylic acids is 1. The number of hydrogen-bond donors (Lipinski definition) is 1. The van der Waals surface area contributed by atoms with Crippen molar-refractivity contribution < 1.29 is 27.8 Å². The van der Waals surface area contributed by atoms with Crippen LogP contribution in [0.1, 0.15) is 53.1 Å². The maximum atomic E-state index is 14.1. The molecule has 1 aromatic carbocycles. The third kappa shape index (κ3) is 3.37. The van der Waals surface area contributed by atoms with Crippen molar-refractivity contribution in [1.29, 1.82) is 0 Å². The molecular weight excluding hydrogens is 285 g/mol. The summed E-state index contributed by atoms with van der Waals surface area (Å²) in [4.78, 5) is 11.5. The fraction of sp³-hybridized carbons (Fsp3) is 0.533. The SMILES string of the molecule is COCc1ccc(F)c(C2CCC(F)(F)CC2)c1C(=O)O. The number of hydrogen-bond acceptors (Lipinski definition) is 2. The Hall–Kier alpha value is -1.56. The third-order valence-electron chi connectivity index (χ3n) is 3.92. The van der Waals surface area contributed by atoms with Crippen LogP contribution in [0.4, 0.5) is 13.2 Å². The first kappa shape index (κ1) is 15.8. The van der Waals surface area contributed by atoms with Gasteiger partial charge in [0.05, 0.1) is 12.2 Å². The second-order valence-electron chi connectivity index (χ2n) is 5.36. The molecule has 0 unspecified atom stereocenters. The molecule has 0 bridgehead atoms. The maximum absolute atomic E-state index is 14.1. The minimum atomic E-state index is -2.74. The predicted octanol–water partition coefficient (Wildman–Crippen LogP) is 3.96. The van der Waals surface area contributed by atoms with Crippen molar-refractivity contribution in [3.63, 3.8) is 0 Å². The lowest BCUT2D eigenvalue weighted by molar-refractivity contribution is -0.0384. The average molecular weight is 302 g/mol. The fourth-order valence-electron chi connectivity index (χ4n) is 2.90. The molecule has 116 valence electrons. The van der Waals surface area contributed by atoms with Crippen LogP contribution in [0.15, 0.2) is 12.1 Å². The lowest BCUT2D eigenvalue weighted by atomic mass is 9.79. The minimum Gasteiger partial charge on any atom is -0.478 e. The number of carboxylic acid groups (broad SMARTS) is 1. The molecule has 0 aliphatic heterocycles. The lowest BCUT2D eigenvalue weighted by Crippen LogP contribution is -2.25. The van der Waals surface area contributed by atoms with Gasteiger partial charge in [-0.05, 0) is 30.4 Å². The number of halogens is 3. The van der Waals surface area contributed by atoms with Crippen LogP contribution in [-0.2, 0) is 11.3 Å². The standard InChI is InChI=1S/C15H17F3O3/c1-21-8-10-2-3-11(16)12(13(10)14(19)20)9-4-6-15(17,18)7-5-9/h2-3,9H,4-8H2,1H3,(H,19,20). The summed E-state index contributed by atoms with van der Waals surface area (Å²) in [6, 6.07) is 2.55. The van der Waals surface area contributed by atoms with E-state index in [0.717, 1.165) is 0 Å². The van der Waals surface area contributed by atoms with Crippen molar-refractivity contribution in [1.82, 2.24) is 0 Å². The molecule has 0 amide bonds. The highest BCUT2D eigenvalue weighted by molar-refractivity contribution is 5.91. The van der Waals surface area contributed by atoms with E-state index in [1.807, 2.05) is 0 Å². The molecule has 0 radical (unpaired) electrons. The highest BCUT2D eigenvalue weighted by Gasteiger charge is 2.37. The molecule has 1 fully saturated rings. The van der Waals surface area contributed by atoms with E-state index in [4.69, 9.17) is 4.74 Å². The van der Waals surface area contributed by atoms with Gasteiger partial charge in [0, 0.05) is 25.5 Å². The second kappa shape index (κ2) is 6.05. The molecule has 1 N–H and O–H groups in total. The number of benzene rings is 1. The number of carbonyl (C=O) groups is 1. The van der Waals surface area contributed by atoms with Gasteiger partial charge in [0.2, 0.25) is 5.92 Å². The Labute approximate surface area is 120 Å². The summed E-state index contributed by atoms with van der Waals surface area (Å²) in [6.07, 6.45) is -0.517. The smallest absolute Gasteiger partial charge is 0.336 e. The van der Waals surface area contributed by atoms with Crippen molar-refractivity contribution in [2.24, 2.45) is 0 Å². The van der Waals surface area contributed by atoms with Crippen LogP contribution in [0.25, 0.3) is 0 Å². The molecule has 1 aliphatic carbocycles. The van der Waals surface area contributed by atoms with Gasteiger partial charge in [-0.25, -0.2) is 18.0 Å². The van der Waals surface area contributed by atoms with Gasteiger partial charge in [-0.15, -0.1) is 0 Å². The molecule has 2 rings (SSSR count). The summed E-state index contributed by atoms with van der Waals surface area (Å²) in [5.41, 5.74) is 0.248. The van der Waals surface area contributed by atoms with Crippen LogP contribution in [0, 0.1) is 5.82 Å². The Bertz CT molecular complexity index is 533. The highest BCUT2D eigenvalue weighted by atomic mass is 19.3. The van der Waals surface area contributed by atoms with Gasteiger partial charge in [-0.1, -0.05) is 6.07 Å². The minimum absolute atomic E-state index is 0.0348. The van der Waals surface area contributed by atoms with E-state index in [1.54, 1.807) is 0 Å². The van der Waals surface area contributed by atoms with Gasteiger partial charge in [-0.3, -0.25) is 0 Å². The van der Waals surface area contributed by atoms with Gasteiger partial charge in [0.25, 0.3) is 0 Å². The predicted molar refractivity (Wildman–Crippen MR) is 70.2 cm³/mol. The Morgan fingerprint density at radius 3 is 2.52 bits per heavy atom. The van der Waals surface area contributed by atoms with Crippen LogP contribution in [0.3, 0.4) is 0 Å². The first-order valence-corrected chi connectivity index (χ1v) is 6.77. The lowest BCUT2D eigenvalue weighted by Gasteiger charge is -2.30. The molecule has 1 saturated carbocycles. The largest absolute Gasteiger partial charge is 0.478 e. The molecular formula is C15H17F3O3. The van der Waals surface area contributed by atoms with Crippen LogP contribution in [0.5, 0.6) is 0 Å². The van der Waals surface area contributed by atoms with Crippen molar-refractivity contribution in [3.05, 3.63) is 34.6 Å². The number of alkyl halides is 2. The topological polar surface area (TPSA) is 46.5 Å². The molecule has 0 atom stereocenters. The number of aromatic carboxylic acids is 1. The van der Waals surface area contributed by atoms with E-state index in [9.17, 15) is 23.1 Å².